The van der Waals surface area contributed by atoms with E-state index < -0.39 is 10.0 Å². The van der Waals surface area contributed by atoms with Crippen molar-refractivity contribution in [3.8, 4) is 0 Å². The number of carbonyl (C=O) groups is 1. The monoisotopic (exact) mass is 497 g/mol. The summed E-state index contributed by atoms with van der Waals surface area (Å²) in [5.74, 6) is 0.100. The second-order valence-electron chi connectivity index (χ2n) is 8.77. The number of sulfonamides is 1. The highest BCUT2D eigenvalue weighted by atomic mass is 35.5. The van der Waals surface area contributed by atoms with Crippen molar-refractivity contribution in [1.29, 1.82) is 0 Å². The maximum atomic E-state index is 13.1. The van der Waals surface area contributed by atoms with Gasteiger partial charge in [-0.25, -0.2) is 8.42 Å². The second kappa shape index (κ2) is 9.47. The lowest BCUT2D eigenvalue weighted by molar-refractivity contribution is 0.0901. The van der Waals surface area contributed by atoms with Crippen LogP contribution >= 0.6 is 23.2 Å². The Hall–Kier alpha value is -1.38. The number of aromatic nitrogens is 1. The predicted molar refractivity (Wildman–Crippen MR) is 127 cm³/mol. The van der Waals surface area contributed by atoms with Gasteiger partial charge in [0.2, 0.25) is 10.0 Å². The molecule has 174 valence electrons. The van der Waals surface area contributed by atoms with Crippen molar-refractivity contribution >= 4 is 39.0 Å². The normalized spacial score (nSPS) is 19.0. The van der Waals surface area contributed by atoms with Crippen molar-refractivity contribution in [3.05, 3.63) is 51.3 Å². The van der Waals surface area contributed by atoms with Crippen LogP contribution in [-0.2, 0) is 10.0 Å². The van der Waals surface area contributed by atoms with Gasteiger partial charge < -0.3 is 4.57 Å². The third-order valence-corrected chi connectivity index (χ3v) is 9.34. The first kappa shape index (κ1) is 23.8. The van der Waals surface area contributed by atoms with Crippen LogP contribution in [0.2, 0.25) is 10.0 Å². The Bertz CT molecular complexity index is 1120. The quantitative estimate of drug-likeness (QED) is 0.541. The number of ketones is 1. The molecule has 1 aromatic heterocycles. The molecular weight excluding hydrogens is 469 g/mol. The standard InChI is InChI=1S/C23H29Cl2N3O3S/c1-16-13-20(17(2)28(16)18-5-3-4-6-18)23(29)15-26-9-11-27(12-10-26)32(30,31)19-7-8-21(24)22(25)14-19/h7-8,13-14,18H,3-6,9-12,15H2,1-2H3. The van der Waals surface area contributed by atoms with Gasteiger partial charge in [0.1, 0.15) is 0 Å². The van der Waals surface area contributed by atoms with Crippen molar-refractivity contribution in [2.45, 2.75) is 50.5 Å². The minimum absolute atomic E-state index is 0.100. The van der Waals surface area contributed by atoms with E-state index in [1.807, 2.05) is 17.9 Å². The number of aryl methyl sites for hydroxylation is 1. The minimum Gasteiger partial charge on any atom is -0.345 e. The molecule has 0 atom stereocenters. The van der Waals surface area contributed by atoms with Gasteiger partial charge in [0, 0.05) is 49.2 Å². The topological polar surface area (TPSA) is 62.6 Å². The molecule has 1 saturated carbocycles. The third kappa shape index (κ3) is 4.64. The van der Waals surface area contributed by atoms with Gasteiger partial charge in [-0.1, -0.05) is 36.0 Å². The average molecular weight is 498 g/mol. The Balaban J connectivity index is 1.39. The van der Waals surface area contributed by atoms with E-state index in [0.717, 1.165) is 17.0 Å². The number of hydrogen-bond donors (Lipinski definition) is 0. The average Bonchev–Trinajstić information content (AvgIpc) is 3.38. The Labute approximate surface area is 200 Å². The molecule has 0 radical (unpaired) electrons. The summed E-state index contributed by atoms with van der Waals surface area (Å²) < 4.78 is 29.7. The molecule has 2 heterocycles. The van der Waals surface area contributed by atoms with Crippen LogP contribution in [0.3, 0.4) is 0 Å². The number of Topliss-reactive ketones (excluding diaryl/α,β-unsaturated/α-hetero) is 1. The van der Waals surface area contributed by atoms with Gasteiger partial charge in [-0.05, 0) is 51.0 Å². The lowest BCUT2D eigenvalue weighted by atomic mass is 10.1. The smallest absolute Gasteiger partial charge is 0.243 e. The summed E-state index contributed by atoms with van der Waals surface area (Å²) in [6.07, 6.45) is 4.86. The Morgan fingerprint density at radius 2 is 1.66 bits per heavy atom. The van der Waals surface area contributed by atoms with Gasteiger partial charge in [-0.2, -0.15) is 4.31 Å². The third-order valence-electron chi connectivity index (χ3n) is 6.70. The molecule has 0 unspecified atom stereocenters. The first-order valence-electron chi connectivity index (χ1n) is 11.1. The Morgan fingerprint density at radius 3 is 2.28 bits per heavy atom. The fraction of sp³-hybridized carbons (Fsp3) is 0.522. The number of benzene rings is 1. The Morgan fingerprint density at radius 1 is 1.00 bits per heavy atom. The van der Waals surface area contributed by atoms with E-state index in [9.17, 15) is 13.2 Å². The maximum absolute atomic E-state index is 13.1. The van der Waals surface area contributed by atoms with Crippen molar-refractivity contribution in [3.63, 3.8) is 0 Å². The molecule has 9 heteroatoms. The van der Waals surface area contributed by atoms with Crippen LogP contribution in [0, 0.1) is 13.8 Å². The molecular formula is C23H29Cl2N3O3S. The minimum atomic E-state index is -3.65. The lowest BCUT2D eigenvalue weighted by Gasteiger charge is -2.33. The first-order chi connectivity index (χ1) is 15.2. The molecule has 1 aliphatic heterocycles. The van der Waals surface area contributed by atoms with Gasteiger partial charge in [0.05, 0.1) is 21.5 Å². The fourth-order valence-electron chi connectivity index (χ4n) is 4.99. The summed E-state index contributed by atoms with van der Waals surface area (Å²) in [6.45, 7) is 6.10. The number of rotatable bonds is 6. The SMILES string of the molecule is Cc1cc(C(=O)CN2CCN(S(=O)(=O)c3ccc(Cl)c(Cl)c3)CC2)c(C)n1C1CCCC1. The molecule has 0 bridgehead atoms. The molecule has 2 aliphatic rings. The van der Waals surface area contributed by atoms with E-state index in [1.54, 1.807) is 0 Å². The van der Waals surface area contributed by atoms with Gasteiger partial charge >= 0.3 is 0 Å². The van der Waals surface area contributed by atoms with Crippen LogP contribution in [0.15, 0.2) is 29.2 Å². The van der Waals surface area contributed by atoms with Crippen LogP contribution in [0.5, 0.6) is 0 Å². The largest absolute Gasteiger partial charge is 0.345 e. The highest BCUT2D eigenvalue weighted by Gasteiger charge is 2.30. The summed E-state index contributed by atoms with van der Waals surface area (Å²) in [5, 5.41) is 0.536. The maximum Gasteiger partial charge on any atom is 0.243 e. The zero-order chi connectivity index (χ0) is 23.0. The van der Waals surface area contributed by atoms with E-state index in [2.05, 4.69) is 11.5 Å². The molecule has 6 nitrogen and oxygen atoms in total. The highest BCUT2D eigenvalue weighted by molar-refractivity contribution is 7.89. The zero-order valence-corrected chi connectivity index (χ0v) is 20.8. The van der Waals surface area contributed by atoms with Crippen LogP contribution in [0.1, 0.15) is 53.5 Å². The molecule has 1 saturated heterocycles. The predicted octanol–water partition coefficient (Wildman–Crippen LogP) is 4.72. The summed E-state index contributed by atoms with van der Waals surface area (Å²) in [7, 11) is -3.65. The lowest BCUT2D eigenvalue weighted by Crippen LogP contribution is -2.49. The van der Waals surface area contributed by atoms with Crippen molar-refractivity contribution < 1.29 is 13.2 Å². The fourth-order valence-corrected chi connectivity index (χ4v) is 6.80. The Kier molecular flexibility index (Phi) is 7.03. The van der Waals surface area contributed by atoms with Crippen LogP contribution in [0.25, 0.3) is 0 Å². The van der Waals surface area contributed by atoms with Gasteiger partial charge in [0.25, 0.3) is 0 Å². The molecule has 0 spiro atoms. The van der Waals surface area contributed by atoms with E-state index in [0.29, 0.717) is 43.8 Å². The van der Waals surface area contributed by atoms with Gasteiger partial charge in [-0.3, -0.25) is 9.69 Å². The summed E-state index contributed by atoms with van der Waals surface area (Å²) >= 11 is 11.9. The van der Waals surface area contributed by atoms with Crippen LogP contribution < -0.4 is 0 Å². The molecule has 0 amide bonds. The number of nitrogens with zero attached hydrogens (tertiary/aromatic N) is 3. The number of hydrogen-bond acceptors (Lipinski definition) is 4. The summed E-state index contributed by atoms with van der Waals surface area (Å²) in [6, 6.07) is 6.87. The van der Waals surface area contributed by atoms with E-state index in [4.69, 9.17) is 23.2 Å². The van der Waals surface area contributed by atoms with E-state index in [-0.39, 0.29) is 15.7 Å². The van der Waals surface area contributed by atoms with Gasteiger partial charge in [0.15, 0.2) is 5.78 Å². The van der Waals surface area contributed by atoms with E-state index >= 15 is 0 Å². The molecule has 4 rings (SSSR count). The van der Waals surface area contributed by atoms with Crippen LogP contribution in [0.4, 0.5) is 0 Å². The van der Waals surface area contributed by atoms with Crippen molar-refractivity contribution in [2.75, 3.05) is 32.7 Å². The molecule has 2 aromatic rings. The molecule has 1 aromatic carbocycles. The summed E-state index contributed by atoms with van der Waals surface area (Å²) in [5.41, 5.74) is 3.00. The van der Waals surface area contributed by atoms with Gasteiger partial charge in [-0.15, -0.1) is 0 Å². The number of piperazine rings is 1. The first-order valence-corrected chi connectivity index (χ1v) is 13.3. The highest BCUT2D eigenvalue weighted by Crippen LogP contribution is 2.33. The molecule has 32 heavy (non-hydrogen) atoms. The number of halogens is 2. The molecule has 2 fully saturated rings. The molecule has 0 N–H and O–H groups in total. The van der Waals surface area contributed by atoms with Crippen LogP contribution in [-0.4, -0.2) is 60.7 Å². The van der Waals surface area contributed by atoms with Crippen molar-refractivity contribution in [1.82, 2.24) is 13.8 Å². The van der Waals surface area contributed by atoms with Crippen molar-refractivity contribution in [2.24, 2.45) is 0 Å². The second-order valence-corrected chi connectivity index (χ2v) is 11.5. The number of carbonyl (C=O) groups excluding carboxylic acids is 1. The zero-order valence-electron chi connectivity index (χ0n) is 18.5. The van der Waals surface area contributed by atoms with E-state index in [1.165, 1.54) is 48.2 Å². The molecule has 1 aliphatic carbocycles. The summed E-state index contributed by atoms with van der Waals surface area (Å²) in [4.78, 5) is 15.2.